The van der Waals surface area contributed by atoms with Crippen LogP contribution in [-0.4, -0.2) is 10.8 Å². The molecular formula is C17H12BrNO. The molecule has 0 saturated heterocycles. The number of aromatic nitrogens is 1. The number of para-hydroxylation sites is 1. The van der Waals surface area contributed by atoms with Gasteiger partial charge in [0.15, 0.2) is 5.78 Å². The lowest BCUT2D eigenvalue weighted by molar-refractivity contribution is 0.103. The molecule has 0 aliphatic carbocycles. The third-order valence-electron chi connectivity index (χ3n) is 3.24. The molecule has 2 nitrogen and oxygen atoms in total. The summed E-state index contributed by atoms with van der Waals surface area (Å²) in [5.74, 6) is -0.00937. The van der Waals surface area contributed by atoms with Crippen molar-refractivity contribution in [3.63, 3.8) is 0 Å². The van der Waals surface area contributed by atoms with Crippen LogP contribution >= 0.6 is 15.9 Å². The van der Waals surface area contributed by atoms with Gasteiger partial charge >= 0.3 is 0 Å². The largest absolute Gasteiger partial charge is 0.288 e. The SMILES string of the molecule is Cc1ccc(Br)c(C(=O)c2cccc3cccnc23)c1. The van der Waals surface area contributed by atoms with Gasteiger partial charge in [-0.15, -0.1) is 0 Å². The molecule has 0 atom stereocenters. The fourth-order valence-corrected chi connectivity index (χ4v) is 2.67. The average molecular weight is 326 g/mol. The lowest BCUT2D eigenvalue weighted by Crippen LogP contribution is -2.04. The first-order valence-electron chi connectivity index (χ1n) is 6.31. The predicted octanol–water partition coefficient (Wildman–Crippen LogP) is 4.54. The first-order chi connectivity index (χ1) is 9.66. The number of rotatable bonds is 2. The average Bonchev–Trinajstić information content (AvgIpc) is 2.48. The number of hydrogen-bond donors (Lipinski definition) is 0. The highest BCUT2D eigenvalue weighted by Gasteiger charge is 2.15. The molecule has 1 aromatic heterocycles. The van der Waals surface area contributed by atoms with Gasteiger partial charge in [-0.05, 0) is 31.2 Å². The molecule has 0 amide bonds. The summed E-state index contributed by atoms with van der Waals surface area (Å²) in [6.45, 7) is 1.98. The molecule has 1 heterocycles. The minimum absolute atomic E-state index is 0.00937. The van der Waals surface area contributed by atoms with E-state index in [-0.39, 0.29) is 5.78 Å². The van der Waals surface area contributed by atoms with Crippen LogP contribution in [0.2, 0.25) is 0 Å². The summed E-state index contributed by atoms with van der Waals surface area (Å²) in [6, 6.07) is 15.3. The Labute approximate surface area is 125 Å². The van der Waals surface area contributed by atoms with Crippen LogP contribution in [0.25, 0.3) is 10.9 Å². The lowest BCUT2D eigenvalue weighted by Gasteiger charge is -2.07. The Balaban J connectivity index is 2.20. The van der Waals surface area contributed by atoms with Crippen molar-refractivity contribution in [1.82, 2.24) is 4.98 Å². The smallest absolute Gasteiger partial charge is 0.196 e. The molecule has 0 radical (unpaired) electrons. The summed E-state index contributed by atoms with van der Waals surface area (Å²) in [4.78, 5) is 17.1. The van der Waals surface area contributed by atoms with Gasteiger partial charge in [0.05, 0.1) is 5.52 Å². The Bertz CT molecular complexity index is 806. The molecule has 2 aromatic carbocycles. The van der Waals surface area contributed by atoms with Crippen molar-refractivity contribution >= 4 is 32.6 Å². The third-order valence-corrected chi connectivity index (χ3v) is 3.94. The van der Waals surface area contributed by atoms with Crippen LogP contribution in [0.1, 0.15) is 21.5 Å². The first-order valence-corrected chi connectivity index (χ1v) is 7.11. The minimum atomic E-state index is -0.00937. The maximum atomic E-state index is 12.8. The number of aryl methyl sites for hydroxylation is 1. The second kappa shape index (κ2) is 5.17. The quantitative estimate of drug-likeness (QED) is 0.647. The van der Waals surface area contributed by atoms with Crippen LogP contribution in [0.15, 0.2) is 59.2 Å². The van der Waals surface area contributed by atoms with Crippen molar-refractivity contribution in [2.45, 2.75) is 6.92 Å². The molecule has 20 heavy (non-hydrogen) atoms. The number of pyridine rings is 1. The van der Waals surface area contributed by atoms with Crippen LogP contribution in [0.5, 0.6) is 0 Å². The van der Waals surface area contributed by atoms with Crippen molar-refractivity contribution in [3.8, 4) is 0 Å². The van der Waals surface area contributed by atoms with Crippen LogP contribution in [0.3, 0.4) is 0 Å². The van der Waals surface area contributed by atoms with E-state index in [0.717, 1.165) is 20.9 Å². The van der Waals surface area contributed by atoms with Gasteiger partial charge in [-0.25, -0.2) is 0 Å². The molecule has 0 unspecified atom stereocenters. The maximum Gasteiger partial charge on any atom is 0.196 e. The van der Waals surface area contributed by atoms with Crippen molar-refractivity contribution < 1.29 is 4.79 Å². The number of carbonyl (C=O) groups is 1. The molecule has 3 aromatic rings. The Hall–Kier alpha value is -2.00. The highest BCUT2D eigenvalue weighted by Crippen LogP contribution is 2.24. The Morgan fingerprint density at radius 3 is 2.70 bits per heavy atom. The second-order valence-corrected chi connectivity index (χ2v) is 5.55. The van der Waals surface area contributed by atoms with Gasteiger partial charge in [0.2, 0.25) is 0 Å². The van der Waals surface area contributed by atoms with Gasteiger partial charge < -0.3 is 0 Å². The molecule has 0 aliphatic rings. The summed E-state index contributed by atoms with van der Waals surface area (Å²) in [6.07, 6.45) is 1.71. The fourth-order valence-electron chi connectivity index (χ4n) is 2.25. The maximum absolute atomic E-state index is 12.8. The van der Waals surface area contributed by atoms with Gasteiger partial charge in [-0.1, -0.05) is 45.8 Å². The lowest BCUT2D eigenvalue weighted by atomic mass is 9.99. The van der Waals surface area contributed by atoms with E-state index in [9.17, 15) is 4.79 Å². The van der Waals surface area contributed by atoms with E-state index >= 15 is 0 Å². The molecule has 0 N–H and O–H groups in total. The normalized spacial score (nSPS) is 10.7. The van der Waals surface area contributed by atoms with E-state index in [1.165, 1.54) is 0 Å². The van der Waals surface area contributed by atoms with Gasteiger partial charge in [-0.2, -0.15) is 0 Å². The predicted molar refractivity (Wildman–Crippen MR) is 84.1 cm³/mol. The zero-order valence-electron chi connectivity index (χ0n) is 10.9. The Kier molecular flexibility index (Phi) is 3.36. The van der Waals surface area contributed by atoms with E-state index in [4.69, 9.17) is 0 Å². The summed E-state index contributed by atoms with van der Waals surface area (Å²) in [5.41, 5.74) is 3.11. The Morgan fingerprint density at radius 2 is 1.85 bits per heavy atom. The molecule has 3 heteroatoms. The molecule has 3 rings (SSSR count). The van der Waals surface area contributed by atoms with E-state index in [1.807, 2.05) is 55.5 Å². The second-order valence-electron chi connectivity index (χ2n) is 4.69. The van der Waals surface area contributed by atoms with Crippen molar-refractivity contribution in [3.05, 3.63) is 75.9 Å². The molecule has 0 bridgehead atoms. The zero-order valence-corrected chi connectivity index (χ0v) is 12.5. The van der Waals surface area contributed by atoms with Crippen LogP contribution in [-0.2, 0) is 0 Å². The number of benzene rings is 2. The van der Waals surface area contributed by atoms with Crippen molar-refractivity contribution in [2.24, 2.45) is 0 Å². The van der Waals surface area contributed by atoms with E-state index in [0.29, 0.717) is 11.1 Å². The molecule has 98 valence electrons. The Morgan fingerprint density at radius 1 is 1.05 bits per heavy atom. The van der Waals surface area contributed by atoms with E-state index in [1.54, 1.807) is 6.20 Å². The van der Waals surface area contributed by atoms with Gasteiger partial charge in [0, 0.05) is 27.2 Å². The van der Waals surface area contributed by atoms with Crippen molar-refractivity contribution in [1.29, 1.82) is 0 Å². The zero-order chi connectivity index (χ0) is 14.1. The van der Waals surface area contributed by atoms with Gasteiger partial charge in [-0.3, -0.25) is 9.78 Å². The first kappa shape index (κ1) is 13.0. The topological polar surface area (TPSA) is 30.0 Å². The third kappa shape index (κ3) is 2.25. The molecule has 0 fully saturated rings. The van der Waals surface area contributed by atoms with Crippen molar-refractivity contribution in [2.75, 3.05) is 0 Å². The highest BCUT2D eigenvalue weighted by molar-refractivity contribution is 9.10. The monoisotopic (exact) mass is 325 g/mol. The summed E-state index contributed by atoms with van der Waals surface area (Å²) >= 11 is 3.45. The molecule has 0 saturated carbocycles. The minimum Gasteiger partial charge on any atom is -0.288 e. The van der Waals surface area contributed by atoms with Crippen LogP contribution in [0, 0.1) is 6.92 Å². The fraction of sp³-hybridized carbons (Fsp3) is 0.0588. The highest BCUT2D eigenvalue weighted by atomic mass is 79.9. The number of carbonyl (C=O) groups excluding carboxylic acids is 1. The number of nitrogens with zero attached hydrogens (tertiary/aromatic N) is 1. The van der Waals surface area contributed by atoms with E-state index in [2.05, 4.69) is 20.9 Å². The van der Waals surface area contributed by atoms with Gasteiger partial charge in [0.1, 0.15) is 0 Å². The number of hydrogen-bond acceptors (Lipinski definition) is 2. The summed E-state index contributed by atoms with van der Waals surface area (Å²) < 4.78 is 0.807. The summed E-state index contributed by atoms with van der Waals surface area (Å²) in [7, 11) is 0. The van der Waals surface area contributed by atoms with Crippen LogP contribution < -0.4 is 0 Å². The van der Waals surface area contributed by atoms with Gasteiger partial charge in [0.25, 0.3) is 0 Å². The molecule has 0 spiro atoms. The van der Waals surface area contributed by atoms with E-state index < -0.39 is 0 Å². The standard InChI is InChI=1S/C17H12BrNO/c1-11-7-8-15(18)14(10-11)17(20)13-6-2-4-12-5-3-9-19-16(12)13/h2-10H,1H3. The summed E-state index contributed by atoms with van der Waals surface area (Å²) in [5, 5.41) is 0.974. The number of fused-ring (bicyclic) bond motifs is 1. The molecular weight excluding hydrogens is 314 g/mol. The number of ketones is 1. The number of halogens is 1. The molecule has 0 aliphatic heterocycles. The van der Waals surface area contributed by atoms with Crippen LogP contribution in [0.4, 0.5) is 0 Å².